The fourth-order valence-corrected chi connectivity index (χ4v) is 3.61. The highest BCUT2D eigenvalue weighted by Crippen LogP contribution is 2.33. The highest BCUT2D eigenvalue weighted by atomic mass is 15.3. The second-order valence-electron chi connectivity index (χ2n) is 6.25. The molecule has 0 radical (unpaired) electrons. The number of nitrogens with zero attached hydrogens (tertiary/aromatic N) is 3. The molecule has 0 bridgehead atoms. The standard InChI is InChI=1S/C15H28N4/c1-11-7-5-6-8-14(11)19(4)15(12(2)16)13-9-17-18(3)10-13/h9-12,14-15H,5-8,16H2,1-4H3. The molecule has 1 fully saturated rings. The minimum absolute atomic E-state index is 0.114. The summed E-state index contributed by atoms with van der Waals surface area (Å²) in [6.45, 7) is 4.48. The van der Waals surface area contributed by atoms with Crippen LogP contribution in [0, 0.1) is 5.92 Å². The molecule has 0 aliphatic heterocycles. The van der Waals surface area contributed by atoms with E-state index in [1.165, 1.54) is 31.2 Å². The van der Waals surface area contributed by atoms with Crippen LogP contribution in [0.25, 0.3) is 0 Å². The monoisotopic (exact) mass is 264 g/mol. The van der Waals surface area contributed by atoms with Gasteiger partial charge >= 0.3 is 0 Å². The Hall–Kier alpha value is -0.870. The fraction of sp³-hybridized carbons (Fsp3) is 0.800. The van der Waals surface area contributed by atoms with Crippen molar-refractivity contribution in [2.75, 3.05) is 7.05 Å². The summed E-state index contributed by atoms with van der Waals surface area (Å²) in [6, 6.07) is 1.02. The molecular weight excluding hydrogens is 236 g/mol. The number of rotatable bonds is 4. The zero-order valence-electron chi connectivity index (χ0n) is 12.7. The van der Waals surface area contributed by atoms with Gasteiger partial charge in [-0.2, -0.15) is 5.10 Å². The van der Waals surface area contributed by atoms with Gasteiger partial charge in [-0.05, 0) is 32.7 Å². The number of hydrogen-bond donors (Lipinski definition) is 1. The summed E-state index contributed by atoms with van der Waals surface area (Å²) in [5.74, 6) is 0.761. The van der Waals surface area contributed by atoms with Crippen LogP contribution in [0.5, 0.6) is 0 Å². The van der Waals surface area contributed by atoms with E-state index in [4.69, 9.17) is 5.73 Å². The number of likely N-dealkylation sites (N-methyl/N-ethyl adjacent to an activating group) is 1. The van der Waals surface area contributed by atoms with Gasteiger partial charge in [0.25, 0.3) is 0 Å². The second-order valence-corrected chi connectivity index (χ2v) is 6.25. The number of aryl methyl sites for hydroxylation is 1. The maximum Gasteiger partial charge on any atom is 0.0538 e. The van der Waals surface area contributed by atoms with Crippen molar-refractivity contribution in [2.45, 2.75) is 57.7 Å². The van der Waals surface area contributed by atoms with Crippen molar-refractivity contribution in [3.63, 3.8) is 0 Å². The lowest BCUT2D eigenvalue weighted by Crippen LogP contribution is -2.46. The van der Waals surface area contributed by atoms with Gasteiger partial charge in [0.2, 0.25) is 0 Å². The van der Waals surface area contributed by atoms with Crippen LogP contribution in [0.2, 0.25) is 0 Å². The van der Waals surface area contributed by atoms with Gasteiger partial charge in [-0.25, -0.2) is 0 Å². The van der Waals surface area contributed by atoms with E-state index in [2.05, 4.69) is 37.1 Å². The summed E-state index contributed by atoms with van der Waals surface area (Å²) in [4.78, 5) is 2.49. The fourth-order valence-electron chi connectivity index (χ4n) is 3.61. The van der Waals surface area contributed by atoms with Crippen molar-refractivity contribution in [3.8, 4) is 0 Å². The predicted octanol–water partition coefficient (Wildman–Crippen LogP) is 2.32. The van der Waals surface area contributed by atoms with Crippen LogP contribution in [0.4, 0.5) is 0 Å². The lowest BCUT2D eigenvalue weighted by Gasteiger charge is -2.42. The van der Waals surface area contributed by atoms with E-state index >= 15 is 0 Å². The number of hydrogen-bond acceptors (Lipinski definition) is 3. The molecule has 1 aliphatic rings. The molecule has 1 aromatic heterocycles. The molecule has 0 aromatic carbocycles. The highest BCUT2D eigenvalue weighted by molar-refractivity contribution is 5.13. The van der Waals surface area contributed by atoms with Crippen molar-refractivity contribution in [3.05, 3.63) is 18.0 Å². The zero-order valence-corrected chi connectivity index (χ0v) is 12.7. The molecule has 1 aliphatic carbocycles. The SMILES string of the molecule is CC(N)C(c1cnn(C)c1)N(C)C1CCCCC1C. The predicted molar refractivity (Wildman–Crippen MR) is 78.8 cm³/mol. The Morgan fingerprint density at radius 2 is 2.11 bits per heavy atom. The molecule has 4 nitrogen and oxygen atoms in total. The van der Waals surface area contributed by atoms with E-state index < -0.39 is 0 Å². The molecular formula is C15H28N4. The first-order valence-corrected chi connectivity index (χ1v) is 7.46. The molecule has 2 N–H and O–H groups in total. The van der Waals surface area contributed by atoms with E-state index in [1.807, 2.05) is 17.9 Å². The Morgan fingerprint density at radius 1 is 1.42 bits per heavy atom. The minimum Gasteiger partial charge on any atom is -0.326 e. The Kier molecular flexibility index (Phi) is 4.63. The van der Waals surface area contributed by atoms with Gasteiger partial charge in [-0.15, -0.1) is 0 Å². The van der Waals surface area contributed by atoms with E-state index in [0.717, 1.165) is 5.92 Å². The van der Waals surface area contributed by atoms with Gasteiger partial charge in [0.1, 0.15) is 0 Å². The molecule has 2 rings (SSSR count). The van der Waals surface area contributed by atoms with Gasteiger partial charge in [0, 0.05) is 30.9 Å². The molecule has 1 saturated carbocycles. The third-order valence-corrected chi connectivity index (χ3v) is 4.59. The molecule has 0 saturated heterocycles. The Morgan fingerprint density at radius 3 is 2.63 bits per heavy atom. The summed E-state index contributed by atoms with van der Waals surface area (Å²) >= 11 is 0. The van der Waals surface area contributed by atoms with E-state index in [1.54, 1.807) is 0 Å². The average Bonchev–Trinajstić information content (AvgIpc) is 2.75. The third-order valence-electron chi connectivity index (χ3n) is 4.59. The van der Waals surface area contributed by atoms with Crippen molar-refractivity contribution < 1.29 is 0 Å². The van der Waals surface area contributed by atoms with Crippen LogP contribution in [-0.4, -0.2) is 33.8 Å². The van der Waals surface area contributed by atoms with Crippen LogP contribution in [-0.2, 0) is 7.05 Å². The minimum atomic E-state index is 0.114. The van der Waals surface area contributed by atoms with Gasteiger partial charge in [-0.3, -0.25) is 9.58 Å². The van der Waals surface area contributed by atoms with Crippen molar-refractivity contribution >= 4 is 0 Å². The van der Waals surface area contributed by atoms with Crippen molar-refractivity contribution in [1.82, 2.24) is 14.7 Å². The summed E-state index contributed by atoms with van der Waals surface area (Å²) < 4.78 is 1.86. The first-order chi connectivity index (χ1) is 9.00. The smallest absolute Gasteiger partial charge is 0.0538 e. The maximum absolute atomic E-state index is 6.25. The first kappa shape index (κ1) is 14.5. The van der Waals surface area contributed by atoms with Crippen LogP contribution >= 0.6 is 0 Å². The largest absolute Gasteiger partial charge is 0.326 e. The van der Waals surface area contributed by atoms with Crippen molar-refractivity contribution in [1.29, 1.82) is 0 Å². The Bertz CT molecular complexity index is 399. The third kappa shape index (κ3) is 3.18. The molecule has 4 atom stereocenters. The van der Waals surface area contributed by atoms with Crippen LogP contribution in [0.3, 0.4) is 0 Å². The molecule has 1 aromatic rings. The molecule has 4 unspecified atom stereocenters. The summed E-state index contributed by atoms with van der Waals surface area (Å²) in [7, 11) is 4.19. The van der Waals surface area contributed by atoms with Gasteiger partial charge < -0.3 is 5.73 Å². The molecule has 108 valence electrons. The van der Waals surface area contributed by atoms with Crippen LogP contribution in [0.1, 0.15) is 51.1 Å². The van der Waals surface area contributed by atoms with Crippen molar-refractivity contribution in [2.24, 2.45) is 18.7 Å². The van der Waals surface area contributed by atoms with Gasteiger partial charge in [-0.1, -0.05) is 19.8 Å². The molecule has 19 heavy (non-hydrogen) atoms. The maximum atomic E-state index is 6.25. The molecule has 0 amide bonds. The first-order valence-electron chi connectivity index (χ1n) is 7.46. The summed E-state index contributed by atoms with van der Waals surface area (Å²) in [5.41, 5.74) is 7.49. The Labute approximate surface area is 117 Å². The topological polar surface area (TPSA) is 47.1 Å². The lowest BCUT2D eigenvalue weighted by atomic mass is 9.83. The Balaban J connectivity index is 2.18. The normalized spacial score (nSPS) is 27.5. The summed E-state index contributed by atoms with van der Waals surface area (Å²) in [6.07, 6.45) is 9.41. The van der Waals surface area contributed by atoms with E-state index in [0.29, 0.717) is 6.04 Å². The van der Waals surface area contributed by atoms with Crippen LogP contribution < -0.4 is 5.73 Å². The molecule has 0 spiro atoms. The number of nitrogens with two attached hydrogens (primary N) is 1. The van der Waals surface area contributed by atoms with E-state index in [-0.39, 0.29) is 12.1 Å². The average molecular weight is 264 g/mol. The van der Waals surface area contributed by atoms with E-state index in [9.17, 15) is 0 Å². The van der Waals surface area contributed by atoms with Crippen LogP contribution in [0.15, 0.2) is 12.4 Å². The lowest BCUT2D eigenvalue weighted by molar-refractivity contribution is 0.0859. The van der Waals surface area contributed by atoms with Gasteiger partial charge in [0.15, 0.2) is 0 Å². The second kappa shape index (κ2) is 6.06. The summed E-state index contributed by atoms with van der Waals surface area (Å²) in [5, 5.41) is 4.30. The van der Waals surface area contributed by atoms with Gasteiger partial charge in [0.05, 0.1) is 12.2 Å². The zero-order chi connectivity index (χ0) is 14.0. The highest BCUT2D eigenvalue weighted by Gasteiger charge is 2.32. The molecule has 1 heterocycles. The quantitative estimate of drug-likeness (QED) is 0.908. The molecule has 4 heteroatoms. The number of aromatic nitrogens is 2.